The SMILES string of the molecule is CCOC(=O)c1ccc(S(=O)(=O)Nc2cc(F)ccc2C)c(Br)c1. The molecule has 0 aliphatic carbocycles. The summed E-state index contributed by atoms with van der Waals surface area (Å²) < 4.78 is 45.8. The Balaban J connectivity index is 2.36. The average molecular weight is 416 g/mol. The number of anilines is 1. The van der Waals surface area contributed by atoms with Crippen molar-refractivity contribution in [2.24, 2.45) is 0 Å². The van der Waals surface area contributed by atoms with Gasteiger partial charge in [0, 0.05) is 4.47 Å². The maximum Gasteiger partial charge on any atom is 0.338 e. The molecule has 0 aromatic heterocycles. The second-order valence-corrected chi connectivity index (χ2v) is 7.44. The van der Waals surface area contributed by atoms with Crippen LogP contribution in [-0.2, 0) is 14.8 Å². The Morgan fingerprint density at radius 3 is 2.58 bits per heavy atom. The zero-order valence-electron chi connectivity index (χ0n) is 13.0. The van der Waals surface area contributed by atoms with Gasteiger partial charge < -0.3 is 4.74 Å². The van der Waals surface area contributed by atoms with E-state index in [4.69, 9.17) is 4.74 Å². The van der Waals surface area contributed by atoms with Crippen LogP contribution in [0.3, 0.4) is 0 Å². The molecule has 8 heteroatoms. The first-order chi connectivity index (χ1) is 11.2. The van der Waals surface area contributed by atoms with Crippen molar-refractivity contribution in [3.63, 3.8) is 0 Å². The van der Waals surface area contributed by atoms with E-state index in [2.05, 4.69) is 20.7 Å². The van der Waals surface area contributed by atoms with Crippen molar-refractivity contribution in [3.05, 3.63) is 57.8 Å². The van der Waals surface area contributed by atoms with Gasteiger partial charge in [0.1, 0.15) is 10.7 Å². The quantitative estimate of drug-likeness (QED) is 0.752. The molecule has 0 aliphatic rings. The van der Waals surface area contributed by atoms with Crippen molar-refractivity contribution >= 4 is 37.6 Å². The van der Waals surface area contributed by atoms with Gasteiger partial charge in [-0.05, 0) is 65.7 Å². The first kappa shape index (κ1) is 18.4. The number of ether oxygens (including phenoxy) is 1. The zero-order chi connectivity index (χ0) is 17.9. The number of hydrogen-bond donors (Lipinski definition) is 1. The molecule has 0 fully saturated rings. The lowest BCUT2D eigenvalue weighted by molar-refractivity contribution is 0.0526. The molecule has 2 aromatic carbocycles. The van der Waals surface area contributed by atoms with E-state index in [1.54, 1.807) is 13.8 Å². The summed E-state index contributed by atoms with van der Waals surface area (Å²) in [5.74, 6) is -1.09. The van der Waals surface area contributed by atoms with Crippen molar-refractivity contribution in [2.75, 3.05) is 11.3 Å². The van der Waals surface area contributed by atoms with Crippen LogP contribution >= 0.6 is 15.9 Å². The highest BCUT2D eigenvalue weighted by Gasteiger charge is 2.20. The molecule has 0 saturated carbocycles. The molecule has 0 saturated heterocycles. The summed E-state index contributed by atoms with van der Waals surface area (Å²) in [4.78, 5) is 11.6. The lowest BCUT2D eigenvalue weighted by atomic mass is 10.2. The fraction of sp³-hybridized carbons (Fsp3) is 0.188. The highest BCUT2D eigenvalue weighted by atomic mass is 79.9. The number of aryl methyl sites for hydroxylation is 1. The summed E-state index contributed by atoms with van der Waals surface area (Å²) in [5.41, 5.74) is 0.959. The molecule has 0 heterocycles. The molecule has 0 spiro atoms. The van der Waals surface area contributed by atoms with E-state index in [0.29, 0.717) is 5.56 Å². The molecule has 2 aromatic rings. The van der Waals surface area contributed by atoms with Crippen LogP contribution < -0.4 is 4.72 Å². The molecule has 0 atom stereocenters. The van der Waals surface area contributed by atoms with Crippen LogP contribution in [0.25, 0.3) is 0 Å². The Labute approximate surface area is 148 Å². The number of halogens is 2. The number of rotatable bonds is 5. The Hall–Kier alpha value is -1.93. The van der Waals surface area contributed by atoms with Gasteiger partial charge in [0.2, 0.25) is 0 Å². The van der Waals surface area contributed by atoms with E-state index < -0.39 is 21.8 Å². The fourth-order valence-corrected chi connectivity index (χ4v) is 4.16. The van der Waals surface area contributed by atoms with Crippen molar-refractivity contribution in [3.8, 4) is 0 Å². The maximum absolute atomic E-state index is 13.3. The van der Waals surface area contributed by atoms with E-state index in [1.165, 1.54) is 30.3 Å². The highest BCUT2D eigenvalue weighted by Crippen LogP contribution is 2.27. The Kier molecular flexibility index (Phi) is 5.61. The maximum atomic E-state index is 13.3. The van der Waals surface area contributed by atoms with Gasteiger partial charge in [0.15, 0.2) is 0 Å². The van der Waals surface area contributed by atoms with Crippen LogP contribution in [0.1, 0.15) is 22.8 Å². The smallest absolute Gasteiger partial charge is 0.338 e. The van der Waals surface area contributed by atoms with Gasteiger partial charge in [-0.1, -0.05) is 6.07 Å². The number of carbonyl (C=O) groups excluding carboxylic acids is 1. The van der Waals surface area contributed by atoms with E-state index >= 15 is 0 Å². The van der Waals surface area contributed by atoms with Gasteiger partial charge in [0.05, 0.1) is 17.9 Å². The number of nitrogens with one attached hydrogen (secondary N) is 1. The van der Waals surface area contributed by atoms with Crippen LogP contribution in [0.5, 0.6) is 0 Å². The summed E-state index contributed by atoms with van der Waals surface area (Å²) in [6, 6.07) is 7.84. The molecule has 0 bridgehead atoms. The third-order valence-corrected chi connectivity index (χ3v) is 5.52. The van der Waals surface area contributed by atoms with Crippen LogP contribution in [0.2, 0.25) is 0 Å². The summed E-state index contributed by atoms with van der Waals surface area (Å²) in [6.45, 7) is 3.56. The number of benzene rings is 2. The monoisotopic (exact) mass is 415 g/mol. The number of carbonyl (C=O) groups is 1. The summed E-state index contributed by atoms with van der Waals surface area (Å²) in [6.07, 6.45) is 0. The number of hydrogen-bond acceptors (Lipinski definition) is 4. The number of esters is 1. The molecule has 2 rings (SSSR count). The van der Waals surface area contributed by atoms with Gasteiger partial charge in [-0.25, -0.2) is 17.6 Å². The molecule has 128 valence electrons. The minimum atomic E-state index is -3.95. The zero-order valence-corrected chi connectivity index (χ0v) is 15.4. The minimum Gasteiger partial charge on any atom is -0.462 e. The van der Waals surface area contributed by atoms with E-state index in [1.807, 2.05) is 0 Å². The van der Waals surface area contributed by atoms with Crippen molar-refractivity contribution < 1.29 is 22.3 Å². The molecule has 0 unspecified atom stereocenters. The largest absolute Gasteiger partial charge is 0.462 e. The number of sulfonamides is 1. The van der Waals surface area contributed by atoms with Crippen LogP contribution in [0, 0.1) is 12.7 Å². The lowest BCUT2D eigenvalue weighted by Crippen LogP contribution is -2.15. The van der Waals surface area contributed by atoms with Crippen molar-refractivity contribution in [2.45, 2.75) is 18.7 Å². The van der Waals surface area contributed by atoms with Crippen LogP contribution in [-0.4, -0.2) is 21.0 Å². The second kappa shape index (κ2) is 7.31. The van der Waals surface area contributed by atoms with Crippen LogP contribution in [0.4, 0.5) is 10.1 Å². The first-order valence-corrected chi connectivity index (χ1v) is 9.28. The van der Waals surface area contributed by atoms with Gasteiger partial charge in [-0.2, -0.15) is 0 Å². The molecule has 0 aliphatic heterocycles. The first-order valence-electron chi connectivity index (χ1n) is 7.00. The second-order valence-electron chi connectivity index (χ2n) is 4.93. The molecule has 5 nitrogen and oxygen atoms in total. The molecule has 24 heavy (non-hydrogen) atoms. The summed E-state index contributed by atoms with van der Waals surface area (Å²) in [5, 5.41) is 0. The summed E-state index contributed by atoms with van der Waals surface area (Å²) >= 11 is 3.15. The molecule has 0 amide bonds. The minimum absolute atomic E-state index is 0.0702. The fourth-order valence-electron chi connectivity index (χ4n) is 1.96. The third-order valence-electron chi connectivity index (χ3n) is 3.18. The Bertz CT molecular complexity index is 884. The van der Waals surface area contributed by atoms with Gasteiger partial charge in [0.25, 0.3) is 10.0 Å². The Morgan fingerprint density at radius 2 is 1.96 bits per heavy atom. The summed E-state index contributed by atoms with van der Waals surface area (Å²) in [7, 11) is -3.95. The predicted molar refractivity (Wildman–Crippen MR) is 92.0 cm³/mol. The molecular weight excluding hydrogens is 401 g/mol. The molecule has 1 N–H and O–H groups in total. The lowest BCUT2D eigenvalue weighted by Gasteiger charge is -2.12. The van der Waals surface area contributed by atoms with E-state index in [9.17, 15) is 17.6 Å². The molecular formula is C16H15BrFNO4S. The van der Waals surface area contributed by atoms with Crippen molar-refractivity contribution in [1.29, 1.82) is 0 Å². The van der Waals surface area contributed by atoms with Crippen molar-refractivity contribution in [1.82, 2.24) is 0 Å². The standard InChI is InChI=1S/C16H15BrFNO4S/c1-3-23-16(20)11-5-7-15(13(17)8-11)24(21,22)19-14-9-12(18)6-4-10(14)2/h4-9,19H,3H2,1-2H3. The normalized spacial score (nSPS) is 11.2. The van der Waals surface area contributed by atoms with E-state index in [-0.39, 0.29) is 27.2 Å². The van der Waals surface area contributed by atoms with Gasteiger partial charge in [-0.3, -0.25) is 4.72 Å². The molecule has 0 radical (unpaired) electrons. The highest BCUT2D eigenvalue weighted by molar-refractivity contribution is 9.10. The predicted octanol–water partition coefficient (Wildman–Crippen LogP) is 3.87. The van der Waals surface area contributed by atoms with Gasteiger partial charge in [-0.15, -0.1) is 0 Å². The third kappa shape index (κ3) is 4.12. The van der Waals surface area contributed by atoms with Gasteiger partial charge >= 0.3 is 5.97 Å². The topological polar surface area (TPSA) is 72.5 Å². The average Bonchev–Trinajstić information content (AvgIpc) is 2.50. The Morgan fingerprint density at radius 1 is 1.25 bits per heavy atom. The van der Waals surface area contributed by atoms with Crippen LogP contribution in [0.15, 0.2) is 45.8 Å². The van der Waals surface area contributed by atoms with E-state index in [0.717, 1.165) is 6.07 Å².